The van der Waals surface area contributed by atoms with Gasteiger partial charge >= 0.3 is 0 Å². The van der Waals surface area contributed by atoms with Crippen molar-refractivity contribution in [2.24, 2.45) is 5.73 Å². The number of nitrogens with two attached hydrogens (primary N) is 1. The highest BCUT2D eigenvalue weighted by Crippen LogP contribution is 2.16. The van der Waals surface area contributed by atoms with Crippen LogP contribution in [0.1, 0.15) is 18.0 Å². The van der Waals surface area contributed by atoms with Crippen LogP contribution >= 0.6 is 15.9 Å². The Kier molecular flexibility index (Phi) is 3.27. The lowest BCUT2D eigenvalue weighted by atomic mass is 10.1. The summed E-state index contributed by atoms with van der Waals surface area (Å²) in [5.41, 5.74) is 6.72. The second-order valence-corrected chi connectivity index (χ2v) is 3.44. The van der Waals surface area contributed by atoms with E-state index in [-0.39, 0.29) is 6.04 Å². The topological polar surface area (TPSA) is 49.8 Å². The lowest BCUT2D eigenvalue weighted by Gasteiger charge is -2.06. The monoisotopic (exact) mass is 224 g/mol. The molecule has 0 amide bonds. The summed E-state index contributed by atoms with van der Waals surface area (Å²) in [7, 11) is 0. The van der Waals surface area contributed by atoms with Crippen molar-refractivity contribution in [1.29, 1.82) is 5.26 Å². The summed E-state index contributed by atoms with van der Waals surface area (Å²) in [6, 6.07) is 9.57. The molecular formula is C9H9BrN2. The highest BCUT2D eigenvalue weighted by Gasteiger charge is 2.03. The van der Waals surface area contributed by atoms with Crippen LogP contribution in [0.5, 0.6) is 0 Å². The maximum atomic E-state index is 8.41. The Morgan fingerprint density at radius 2 is 2.00 bits per heavy atom. The Hall–Kier alpha value is -0.850. The number of hydrogen-bond donors (Lipinski definition) is 1. The summed E-state index contributed by atoms with van der Waals surface area (Å²) in [6.07, 6.45) is 0.363. The standard InChI is InChI=1S/C9H9BrN2/c10-8-3-1-7(2-4-8)9(12)5-6-11/h1-4,9H,5,12H2/t9-/m1/s1. The van der Waals surface area contributed by atoms with Crippen molar-refractivity contribution in [3.63, 3.8) is 0 Å². The maximum absolute atomic E-state index is 8.41. The second kappa shape index (κ2) is 4.24. The fourth-order valence-electron chi connectivity index (χ4n) is 0.926. The van der Waals surface area contributed by atoms with Gasteiger partial charge in [0.1, 0.15) is 0 Å². The molecule has 0 aliphatic carbocycles. The van der Waals surface area contributed by atoms with Gasteiger partial charge in [0.25, 0.3) is 0 Å². The molecule has 0 unspecified atom stereocenters. The first-order valence-corrected chi connectivity index (χ1v) is 4.41. The molecule has 0 saturated heterocycles. The Morgan fingerprint density at radius 3 is 2.50 bits per heavy atom. The Labute approximate surface area is 80.1 Å². The van der Waals surface area contributed by atoms with Crippen LogP contribution in [0.25, 0.3) is 0 Å². The third-order valence-electron chi connectivity index (χ3n) is 1.61. The molecule has 0 aliphatic rings. The van der Waals surface area contributed by atoms with Crippen LogP contribution < -0.4 is 5.73 Å². The van der Waals surface area contributed by atoms with Gasteiger partial charge in [0.15, 0.2) is 0 Å². The van der Waals surface area contributed by atoms with Gasteiger partial charge in [-0.25, -0.2) is 0 Å². The fraction of sp³-hybridized carbons (Fsp3) is 0.222. The van der Waals surface area contributed by atoms with Gasteiger partial charge in [-0.1, -0.05) is 28.1 Å². The number of hydrogen-bond acceptors (Lipinski definition) is 2. The molecule has 0 aliphatic heterocycles. The maximum Gasteiger partial charge on any atom is 0.0641 e. The van der Waals surface area contributed by atoms with Gasteiger partial charge in [-0.2, -0.15) is 5.26 Å². The SMILES string of the molecule is N#CC[C@@H](N)c1ccc(Br)cc1. The van der Waals surface area contributed by atoms with Crippen LogP contribution in [-0.2, 0) is 0 Å². The van der Waals surface area contributed by atoms with E-state index in [9.17, 15) is 0 Å². The molecule has 0 radical (unpaired) electrons. The van der Waals surface area contributed by atoms with E-state index in [0.717, 1.165) is 10.0 Å². The van der Waals surface area contributed by atoms with Crippen LogP contribution in [0.4, 0.5) is 0 Å². The van der Waals surface area contributed by atoms with E-state index < -0.39 is 0 Å². The van der Waals surface area contributed by atoms with E-state index in [1.165, 1.54) is 0 Å². The molecule has 0 fully saturated rings. The van der Waals surface area contributed by atoms with E-state index in [1.807, 2.05) is 30.3 Å². The molecule has 62 valence electrons. The first-order chi connectivity index (χ1) is 5.74. The van der Waals surface area contributed by atoms with Crippen LogP contribution in [-0.4, -0.2) is 0 Å². The quantitative estimate of drug-likeness (QED) is 0.839. The normalized spacial score (nSPS) is 12.1. The number of halogens is 1. The molecule has 3 heteroatoms. The summed E-state index contributed by atoms with van der Waals surface area (Å²) in [4.78, 5) is 0. The fourth-order valence-corrected chi connectivity index (χ4v) is 1.19. The number of nitriles is 1. The third-order valence-corrected chi connectivity index (χ3v) is 2.14. The smallest absolute Gasteiger partial charge is 0.0641 e. The average Bonchev–Trinajstić information content (AvgIpc) is 2.06. The van der Waals surface area contributed by atoms with Crippen molar-refractivity contribution in [2.75, 3.05) is 0 Å². The minimum atomic E-state index is -0.164. The molecule has 12 heavy (non-hydrogen) atoms. The zero-order valence-electron chi connectivity index (χ0n) is 6.50. The predicted molar refractivity (Wildman–Crippen MR) is 51.3 cm³/mol. The summed E-state index contributed by atoms with van der Waals surface area (Å²) in [5.74, 6) is 0. The molecule has 1 atom stereocenters. The minimum Gasteiger partial charge on any atom is -0.323 e. The highest BCUT2D eigenvalue weighted by atomic mass is 79.9. The molecule has 1 aromatic rings. The van der Waals surface area contributed by atoms with Crippen LogP contribution in [0.15, 0.2) is 28.7 Å². The highest BCUT2D eigenvalue weighted by molar-refractivity contribution is 9.10. The lowest BCUT2D eigenvalue weighted by molar-refractivity contribution is 0.748. The Balaban J connectivity index is 2.76. The molecule has 2 N–H and O–H groups in total. The summed E-state index contributed by atoms with van der Waals surface area (Å²) >= 11 is 3.33. The Morgan fingerprint density at radius 1 is 1.42 bits per heavy atom. The third kappa shape index (κ3) is 2.33. The molecule has 2 nitrogen and oxygen atoms in total. The first kappa shape index (κ1) is 9.24. The molecule has 0 spiro atoms. The molecule has 0 heterocycles. The van der Waals surface area contributed by atoms with Gasteiger partial charge in [0, 0.05) is 10.5 Å². The molecule has 0 saturated carbocycles. The summed E-state index contributed by atoms with van der Waals surface area (Å²) in [6.45, 7) is 0. The summed E-state index contributed by atoms with van der Waals surface area (Å²) < 4.78 is 1.02. The molecule has 1 aromatic carbocycles. The van der Waals surface area contributed by atoms with Gasteiger partial charge in [0.2, 0.25) is 0 Å². The van der Waals surface area contributed by atoms with Crippen molar-refractivity contribution in [2.45, 2.75) is 12.5 Å². The lowest BCUT2D eigenvalue weighted by Crippen LogP contribution is -2.08. The molecular weight excluding hydrogens is 216 g/mol. The van der Waals surface area contributed by atoms with E-state index in [0.29, 0.717) is 6.42 Å². The van der Waals surface area contributed by atoms with Gasteiger partial charge in [-0.15, -0.1) is 0 Å². The van der Waals surface area contributed by atoms with Gasteiger partial charge in [0.05, 0.1) is 12.5 Å². The zero-order valence-corrected chi connectivity index (χ0v) is 8.08. The van der Waals surface area contributed by atoms with E-state index in [4.69, 9.17) is 11.0 Å². The average molecular weight is 225 g/mol. The number of benzene rings is 1. The molecule has 0 bridgehead atoms. The molecule has 1 rings (SSSR count). The predicted octanol–water partition coefficient (Wildman–Crippen LogP) is 2.36. The minimum absolute atomic E-state index is 0.164. The van der Waals surface area contributed by atoms with E-state index in [2.05, 4.69) is 15.9 Å². The van der Waals surface area contributed by atoms with Crippen molar-refractivity contribution in [1.82, 2.24) is 0 Å². The van der Waals surface area contributed by atoms with Crippen molar-refractivity contribution in [3.05, 3.63) is 34.3 Å². The number of nitrogens with zero attached hydrogens (tertiary/aromatic N) is 1. The van der Waals surface area contributed by atoms with Crippen LogP contribution in [0, 0.1) is 11.3 Å². The van der Waals surface area contributed by atoms with Gasteiger partial charge in [-0.3, -0.25) is 0 Å². The van der Waals surface area contributed by atoms with Crippen LogP contribution in [0.3, 0.4) is 0 Å². The first-order valence-electron chi connectivity index (χ1n) is 3.62. The number of rotatable bonds is 2. The van der Waals surface area contributed by atoms with Crippen molar-refractivity contribution < 1.29 is 0 Å². The van der Waals surface area contributed by atoms with E-state index >= 15 is 0 Å². The molecule has 0 aromatic heterocycles. The zero-order chi connectivity index (χ0) is 8.97. The van der Waals surface area contributed by atoms with E-state index in [1.54, 1.807) is 0 Å². The largest absolute Gasteiger partial charge is 0.323 e. The second-order valence-electron chi connectivity index (χ2n) is 2.52. The van der Waals surface area contributed by atoms with Crippen molar-refractivity contribution >= 4 is 15.9 Å². The Bertz CT molecular complexity index is 286. The summed E-state index contributed by atoms with van der Waals surface area (Å²) in [5, 5.41) is 8.41. The van der Waals surface area contributed by atoms with Crippen molar-refractivity contribution in [3.8, 4) is 6.07 Å². The van der Waals surface area contributed by atoms with Gasteiger partial charge < -0.3 is 5.73 Å². The van der Waals surface area contributed by atoms with Gasteiger partial charge in [-0.05, 0) is 17.7 Å². The van der Waals surface area contributed by atoms with Crippen LogP contribution in [0.2, 0.25) is 0 Å².